The number of carboxylic acids is 1. The second-order valence-corrected chi connectivity index (χ2v) is 6.36. The summed E-state index contributed by atoms with van der Waals surface area (Å²) in [5.74, 6) is 0.219. The van der Waals surface area contributed by atoms with Crippen molar-refractivity contribution < 1.29 is 14.7 Å². The molecule has 5 heteroatoms. The third-order valence-electron chi connectivity index (χ3n) is 5.34. The van der Waals surface area contributed by atoms with Crippen LogP contribution in [0.25, 0.3) is 0 Å². The van der Waals surface area contributed by atoms with Crippen molar-refractivity contribution in [3.8, 4) is 0 Å². The molecule has 1 saturated heterocycles. The smallest absolute Gasteiger partial charge is 0.305 e. The first-order valence-corrected chi connectivity index (χ1v) is 7.35. The SMILES string of the molecule is NC1C2CCC(C2)C1C(=O)N1CCCC1CC(=O)O. The summed E-state index contributed by atoms with van der Waals surface area (Å²) in [5, 5.41) is 8.93. The van der Waals surface area contributed by atoms with Crippen LogP contribution in [0.15, 0.2) is 0 Å². The molecule has 1 aliphatic heterocycles. The van der Waals surface area contributed by atoms with Crippen LogP contribution in [-0.2, 0) is 9.59 Å². The van der Waals surface area contributed by atoms with Gasteiger partial charge >= 0.3 is 5.97 Å². The van der Waals surface area contributed by atoms with E-state index in [4.69, 9.17) is 10.8 Å². The summed E-state index contributed by atoms with van der Waals surface area (Å²) in [6.45, 7) is 0.706. The molecular formula is C14H22N2O3. The molecule has 2 aliphatic carbocycles. The summed E-state index contributed by atoms with van der Waals surface area (Å²) in [6.07, 6.45) is 5.17. The molecule has 3 fully saturated rings. The van der Waals surface area contributed by atoms with Crippen LogP contribution in [-0.4, -0.2) is 40.5 Å². The quantitative estimate of drug-likeness (QED) is 0.792. The lowest BCUT2D eigenvalue weighted by Gasteiger charge is -2.33. The summed E-state index contributed by atoms with van der Waals surface area (Å²) in [6, 6.07) is -0.117. The Balaban J connectivity index is 1.71. The van der Waals surface area contributed by atoms with Crippen LogP contribution in [0.1, 0.15) is 38.5 Å². The Morgan fingerprint density at radius 2 is 1.95 bits per heavy atom. The number of fused-ring (bicyclic) bond motifs is 2. The highest BCUT2D eigenvalue weighted by Gasteiger charge is 2.51. The fraction of sp³-hybridized carbons (Fsp3) is 0.857. The van der Waals surface area contributed by atoms with E-state index in [1.165, 1.54) is 0 Å². The maximum atomic E-state index is 12.7. The zero-order chi connectivity index (χ0) is 13.6. The summed E-state index contributed by atoms with van der Waals surface area (Å²) in [7, 11) is 0. The molecule has 3 rings (SSSR count). The van der Waals surface area contributed by atoms with Crippen LogP contribution >= 0.6 is 0 Å². The Kier molecular flexibility index (Phi) is 3.25. The van der Waals surface area contributed by atoms with Gasteiger partial charge in [-0.05, 0) is 43.9 Å². The molecule has 1 amide bonds. The van der Waals surface area contributed by atoms with Crippen LogP contribution in [0.5, 0.6) is 0 Å². The lowest BCUT2D eigenvalue weighted by molar-refractivity contribution is -0.142. The first-order valence-electron chi connectivity index (χ1n) is 7.35. The number of rotatable bonds is 3. The van der Waals surface area contributed by atoms with Crippen molar-refractivity contribution in [2.45, 2.75) is 50.6 Å². The molecule has 2 saturated carbocycles. The average molecular weight is 266 g/mol. The second kappa shape index (κ2) is 4.78. The van der Waals surface area contributed by atoms with Gasteiger partial charge in [-0.2, -0.15) is 0 Å². The van der Waals surface area contributed by atoms with E-state index in [2.05, 4.69) is 0 Å². The summed E-state index contributed by atoms with van der Waals surface area (Å²) in [5.41, 5.74) is 6.22. The highest BCUT2D eigenvalue weighted by atomic mass is 16.4. The van der Waals surface area contributed by atoms with Crippen LogP contribution in [0.3, 0.4) is 0 Å². The van der Waals surface area contributed by atoms with Gasteiger partial charge in [-0.15, -0.1) is 0 Å². The Morgan fingerprint density at radius 1 is 1.21 bits per heavy atom. The van der Waals surface area contributed by atoms with Crippen molar-refractivity contribution in [3.05, 3.63) is 0 Å². The highest BCUT2D eigenvalue weighted by molar-refractivity contribution is 5.82. The Bertz CT molecular complexity index is 396. The van der Waals surface area contributed by atoms with Gasteiger partial charge in [-0.3, -0.25) is 9.59 Å². The number of carboxylic acid groups (broad SMARTS) is 1. The number of amides is 1. The molecular weight excluding hydrogens is 244 g/mol. The molecule has 5 nitrogen and oxygen atoms in total. The molecule has 0 aromatic heterocycles. The number of nitrogens with two attached hydrogens (primary N) is 1. The van der Waals surface area contributed by atoms with Gasteiger partial charge in [0.15, 0.2) is 0 Å². The van der Waals surface area contributed by atoms with Crippen LogP contribution < -0.4 is 5.73 Å². The molecule has 3 aliphatic rings. The molecule has 0 radical (unpaired) electrons. The number of nitrogens with zero attached hydrogens (tertiary/aromatic N) is 1. The number of carbonyl (C=O) groups is 2. The number of hydrogen-bond donors (Lipinski definition) is 2. The number of aliphatic carboxylic acids is 1. The fourth-order valence-corrected chi connectivity index (χ4v) is 4.43. The molecule has 0 spiro atoms. The van der Waals surface area contributed by atoms with Crippen molar-refractivity contribution in [1.29, 1.82) is 0 Å². The van der Waals surface area contributed by atoms with E-state index in [0.29, 0.717) is 18.4 Å². The Hall–Kier alpha value is -1.10. The van der Waals surface area contributed by atoms with Gasteiger partial charge in [0, 0.05) is 18.6 Å². The van der Waals surface area contributed by atoms with Crippen LogP contribution in [0.4, 0.5) is 0 Å². The standard InChI is InChI=1S/C14H22N2O3/c15-13-9-4-3-8(6-9)12(13)14(19)16-5-1-2-10(16)7-11(17)18/h8-10,12-13H,1-7,15H2,(H,17,18). The van der Waals surface area contributed by atoms with Gasteiger partial charge in [0.05, 0.1) is 12.3 Å². The maximum Gasteiger partial charge on any atom is 0.305 e. The predicted octanol–water partition coefficient (Wildman–Crippen LogP) is 0.825. The molecule has 0 aromatic rings. The number of hydrogen-bond acceptors (Lipinski definition) is 3. The minimum Gasteiger partial charge on any atom is -0.481 e. The molecule has 19 heavy (non-hydrogen) atoms. The van der Waals surface area contributed by atoms with E-state index < -0.39 is 5.97 Å². The van der Waals surface area contributed by atoms with Gasteiger partial charge in [-0.1, -0.05) is 0 Å². The third-order valence-corrected chi connectivity index (χ3v) is 5.34. The number of likely N-dealkylation sites (tertiary alicyclic amines) is 1. The monoisotopic (exact) mass is 266 g/mol. The largest absolute Gasteiger partial charge is 0.481 e. The zero-order valence-electron chi connectivity index (χ0n) is 11.1. The van der Waals surface area contributed by atoms with Crippen LogP contribution in [0.2, 0.25) is 0 Å². The van der Waals surface area contributed by atoms with E-state index in [1.807, 2.05) is 0 Å². The van der Waals surface area contributed by atoms with Crippen molar-refractivity contribution in [2.24, 2.45) is 23.5 Å². The first-order chi connectivity index (χ1) is 9.08. The van der Waals surface area contributed by atoms with E-state index in [0.717, 1.165) is 32.1 Å². The minimum absolute atomic E-state index is 0.00247. The molecule has 5 atom stereocenters. The summed E-state index contributed by atoms with van der Waals surface area (Å²) in [4.78, 5) is 25.4. The van der Waals surface area contributed by atoms with E-state index >= 15 is 0 Å². The first kappa shape index (κ1) is 12.9. The summed E-state index contributed by atoms with van der Waals surface area (Å²) < 4.78 is 0. The molecule has 3 N–H and O–H groups in total. The fourth-order valence-electron chi connectivity index (χ4n) is 4.43. The topological polar surface area (TPSA) is 83.6 Å². The lowest BCUT2D eigenvalue weighted by Crippen LogP contribution is -2.48. The molecule has 2 bridgehead atoms. The summed E-state index contributed by atoms with van der Waals surface area (Å²) >= 11 is 0. The van der Waals surface area contributed by atoms with E-state index in [-0.39, 0.29) is 30.3 Å². The van der Waals surface area contributed by atoms with Crippen molar-refractivity contribution in [2.75, 3.05) is 6.54 Å². The molecule has 5 unspecified atom stereocenters. The molecule has 0 aromatic carbocycles. The normalized spacial score (nSPS) is 40.9. The van der Waals surface area contributed by atoms with Gasteiger partial charge in [-0.25, -0.2) is 0 Å². The zero-order valence-corrected chi connectivity index (χ0v) is 11.1. The van der Waals surface area contributed by atoms with Crippen molar-refractivity contribution in [3.63, 3.8) is 0 Å². The van der Waals surface area contributed by atoms with Crippen molar-refractivity contribution in [1.82, 2.24) is 4.90 Å². The Labute approximate surface area is 113 Å². The highest BCUT2D eigenvalue weighted by Crippen LogP contribution is 2.48. The average Bonchev–Trinajstić information content (AvgIpc) is 3.02. The van der Waals surface area contributed by atoms with E-state index in [9.17, 15) is 9.59 Å². The van der Waals surface area contributed by atoms with E-state index in [1.54, 1.807) is 4.90 Å². The third kappa shape index (κ3) is 2.14. The minimum atomic E-state index is -0.818. The molecule has 106 valence electrons. The van der Waals surface area contributed by atoms with Gasteiger partial charge in [0.1, 0.15) is 0 Å². The van der Waals surface area contributed by atoms with Gasteiger partial charge in [0.25, 0.3) is 0 Å². The van der Waals surface area contributed by atoms with Crippen molar-refractivity contribution >= 4 is 11.9 Å². The van der Waals surface area contributed by atoms with Gasteiger partial charge in [0.2, 0.25) is 5.91 Å². The lowest BCUT2D eigenvalue weighted by atomic mass is 9.84. The second-order valence-electron chi connectivity index (χ2n) is 6.36. The molecule has 1 heterocycles. The van der Waals surface area contributed by atoms with Crippen LogP contribution in [0, 0.1) is 17.8 Å². The Morgan fingerprint density at radius 3 is 2.58 bits per heavy atom. The predicted molar refractivity (Wildman–Crippen MR) is 69.3 cm³/mol. The maximum absolute atomic E-state index is 12.7. The van der Waals surface area contributed by atoms with Gasteiger partial charge < -0.3 is 15.7 Å². The number of carbonyl (C=O) groups excluding carboxylic acids is 1.